The minimum Gasteiger partial charge on any atom is -0.497 e. The maximum absolute atomic E-state index is 12.0. The van der Waals surface area contributed by atoms with E-state index in [2.05, 4.69) is 11.5 Å². The van der Waals surface area contributed by atoms with Crippen LogP contribution in [0.1, 0.15) is 38.5 Å². The van der Waals surface area contributed by atoms with Gasteiger partial charge in [-0.15, -0.1) is 6.58 Å². The van der Waals surface area contributed by atoms with Crippen LogP contribution in [0.4, 0.5) is 0 Å². The number of aliphatic hydroxyl groups is 1. The lowest BCUT2D eigenvalue weighted by Crippen LogP contribution is -2.55. The number of hydrogen-bond donors (Lipinski definition) is 1. The lowest BCUT2D eigenvalue weighted by atomic mass is 9.92. The molecule has 0 radical (unpaired) electrons. The summed E-state index contributed by atoms with van der Waals surface area (Å²) in [5.74, 6) is -0.159. The first-order chi connectivity index (χ1) is 9.74. The van der Waals surface area contributed by atoms with Gasteiger partial charge in [-0.25, -0.2) is 0 Å². The monoisotopic (exact) mass is 279 g/mol. The molecule has 0 amide bonds. The Hall–Kier alpha value is -1.13. The summed E-state index contributed by atoms with van der Waals surface area (Å²) in [4.78, 5) is 14.3. The summed E-state index contributed by atoms with van der Waals surface area (Å²) in [5.41, 5.74) is 0. The molecule has 0 spiro atoms. The van der Waals surface area contributed by atoms with Crippen LogP contribution < -0.4 is 0 Å². The molecule has 3 unspecified atom stereocenters. The Balaban J connectivity index is 2.11. The summed E-state index contributed by atoms with van der Waals surface area (Å²) in [5, 5.41) is 10.5. The normalized spacial score (nSPS) is 26.6. The van der Waals surface area contributed by atoms with Crippen LogP contribution in [0.2, 0.25) is 0 Å². The van der Waals surface area contributed by atoms with Crippen LogP contribution in [0.5, 0.6) is 0 Å². The molecule has 2 aliphatic heterocycles. The third kappa shape index (κ3) is 3.70. The fourth-order valence-corrected chi connectivity index (χ4v) is 3.11. The van der Waals surface area contributed by atoms with Crippen molar-refractivity contribution in [3.63, 3.8) is 0 Å². The highest BCUT2D eigenvalue weighted by Gasteiger charge is 2.38. The second kappa shape index (κ2) is 7.60. The van der Waals surface area contributed by atoms with E-state index >= 15 is 0 Å². The second-order valence-electron chi connectivity index (χ2n) is 5.61. The van der Waals surface area contributed by atoms with E-state index in [1.807, 2.05) is 6.08 Å². The minimum atomic E-state index is -0.984. The first-order valence-corrected chi connectivity index (χ1v) is 7.60. The molecule has 1 N–H and O–H groups in total. The number of ketones is 1. The Kier molecular flexibility index (Phi) is 5.80. The van der Waals surface area contributed by atoms with Gasteiger partial charge in [0, 0.05) is 6.42 Å². The molecule has 2 rings (SSSR count). The van der Waals surface area contributed by atoms with E-state index in [0.717, 1.165) is 38.8 Å². The van der Waals surface area contributed by atoms with E-state index in [1.165, 1.54) is 6.42 Å². The molecule has 112 valence electrons. The Morgan fingerprint density at radius 2 is 2.20 bits per heavy atom. The Bertz CT molecular complexity index is 361. The third-order valence-electron chi connectivity index (χ3n) is 4.16. The molecular weight excluding hydrogens is 254 g/mol. The fourth-order valence-electron chi connectivity index (χ4n) is 3.11. The average molecular weight is 279 g/mol. The predicted molar refractivity (Wildman–Crippen MR) is 78.3 cm³/mol. The predicted octanol–water partition coefficient (Wildman–Crippen LogP) is 2.04. The van der Waals surface area contributed by atoms with E-state index in [4.69, 9.17) is 4.74 Å². The fraction of sp³-hybridized carbons (Fsp3) is 0.688. The topological polar surface area (TPSA) is 49.8 Å². The zero-order valence-corrected chi connectivity index (χ0v) is 12.0. The number of rotatable bonds is 6. The van der Waals surface area contributed by atoms with Crippen molar-refractivity contribution in [3.8, 4) is 0 Å². The standard InChI is InChI=1S/C16H25NO3/c1-2-8-13(18)16(19)15(14-9-4-7-12-20-14)17-10-5-3-6-11-17/h2,7,12,14-16,19H,1,3-6,8-11H2. The number of allylic oxidation sites excluding steroid dienone is 2. The van der Waals surface area contributed by atoms with Crippen molar-refractivity contribution < 1.29 is 14.6 Å². The van der Waals surface area contributed by atoms with E-state index in [0.29, 0.717) is 0 Å². The number of carbonyl (C=O) groups excluding carboxylic acids is 1. The van der Waals surface area contributed by atoms with Crippen molar-refractivity contribution in [1.82, 2.24) is 4.90 Å². The molecule has 0 aromatic rings. The highest BCUT2D eigenvalue weighted by Crippen LogP contribution is 2.24. The summed E-state index contributed by atoms with van der Waals surface area (Å²) >= 11 is 0. The lowest BCUT2D eigenvalue weighted by Gasteiger charge is -2.41. The number of ether oxygens (including phenoxy) is 1. The van der Waals surface area contributed by atoms with Gasteiger partial charge in [-0.3, -0.25) is 9.69 Å². The van der Waals surface area contributed by atoms with Crippen molar-refractivity contribution in [3.05, 3.63) is 25.0 Å². The molecule has 20 heavy (non-hydrogen) atoms. The molecule has 2 aliphatic rings. The van der Waals surface area contributed by atoms with Gasteiger partial charge < -0.3 is 9.84 Å². The van der Waals surface area contributed by atoms with Gasteiger partial charge in [0.15, 0.2) is 5.78 Å². The summed E-state index contributed by atoms with van der Waals surface area (Å²) in [6, 6.07) is -0.229. The van der Waals surface area contributed by atoms with E-state index < -0.39 is 6.10 Å². The molecule has 0 bridgehead atoms. The highest BCUT2D eigenvalue weighted by molar-refractivity contribution is 5.84. The Morgan fingerprint density at radius 3 is 2.80 bits per heavy atom. The largest absolute Gasteiger partial charge is 0.497 e. The van der Waals surface area contributed by atoms with Crippen LogP contribution >= 0.6 is 0 Å². The number of nitrogens with zero attached hydrogens (tertiary/aromatic N) is 1. The van der Waals surface area contributed by atoms with Crippen LogP contribution in [0, 0.1) is 0 Å². The molecule has 2 heterocycles. The van der Waals surface area contributed by atoms with Crippen molar-refractivity contribution in [2.45, 2.75) is 56.8 Å². The van der Waals surface area contributed by atoms with Gasteiger partial charge in [0.05, 0.1) is 12.3 Å². The van der Waals surface area contributed by atoms with Crippen LogP contribution in [0.3, 0.4) is 0 Å². The number of aliphatic hydroxyl groups excluding tert-OH is 1. The molecule has 0 aromatic carbocycles. The summed E-state index contributed by atoms with van der Waals surface area (Å²) in [7, 11) is 0. The van der Waals surface area contributed by atoms with Gasteiger partial charge in [-0.1, -0.05) is 12.5 Å². The Morgan fingerprint density at radius 1 is 1.45 bits per heavy atom. The van der Waals surface area contributed by atoms with E-state index in [9.17, 15) is 9.90 Å². The molecule has 0 aliphatic carbocycles. The van der Waals surface area contributed by atoms with Gasteiger partial charge in [0.2, 0.25) is 0 Å². The number of hydrogen-bond acceptors (Lipinski definition) is 4. The first kappa shape index (κ1) is 15.3. The van der Waals surface area contributed by atoms with Gasteiger partial charge >= 0.3 is 0 Å². The van der Waals surface area contributed by atoms with Gasteiger partial charge in [-0.05, 0) is 44.8 Å². The van der Waals surface area contributed by atoms with Crippen molar-refractivity contribution in [2.75, 3.05) is 13.1 Å². The van der Waals surface area contributed by atoms with E-state index in [1.54, 1.807) is 12.3 Å². The SMILES string of the molecule is C=CCC(=O)C(O)C(C1CCC=CO1)N1CCCCC1. The average Bonchev–Trinajstić information content (AvgIpc) is 2.50. The van der Waals surface area contributed by atoms with Crippen molar-refractivity contribution in [1.29, 1.82) is 0 Å². The van der Waals surface area contributed by atoms with Gasteiger partial charge in [0.1, 0.15) is 12.2 Å². The van der Waals surface area contributed by atoms with Crippen LogP contribution in [0.15, 0.2) is 25.0 Å². The number of piperidine rings is 1. The molecule has 0 saturated carbocycles. The Labute approximate surface area is 121 Å². The molecule has 1 saturated heterocycles. The number of carbonyl (C=O) groups is 1. The third-order valence-corrected chi connectivity index (χ3v) is 4.16. The maximum Gasteiger partial charge on any atom is 0.166 e. The summed E-state index contributed by atoms with van der Waals surface area (Å²) in [6.45, 7) is 5.45. The lowest BCUT2D eigenvalue weighted by molar-refractivity contribution is -0.134. The summed E-state index contributed by atoms with van der Waals surface area (Å²) in [6.07, 6.45) is 9.66. The molecule has 1 fully saturated rings. The zero-order valence-electron chi connectivity index (χ0n) is 12.0. The molecule has 0 aromatic heterocycles. The van der Waals surface area contributed by atoms with Gasteiger partial charge in [-0.2, -0.15) is 0 Å². The molecule has 4 nitrogen and oxygen atoms in total. The van der Waals surface area contributed by atoms with Crippen molar-refractivity contribution in [2.24, 2.45) is 0 Å². The number of likely N-dealkylation sites (tertiary alicyclic amines) is 1. The number of Topliss-reactive ketones (excluding diaryl/α,β-unsaturated/α-hetero) is 1. The highest BCUT2D eigenvalue weighted by atomic mass is 16.5. The smallest absolute Gasteiger partial charge is 0.166 e. The van der Waals surface area contributed by atoms with Crippen LogP contribution in [0.25, 0.3) is 0 Å². The first-order valence-electron chi connectivity index (χ1n) is 7.60. The molecule has 4 heteroatoms. The maximum atomic E-state index is 12.0. The van der Waals surface area contributed by atoms with Crippen LogP contribution in [-0.2, 0) is 9.53 Å². The molecule has 3 atom stereocenters. The minimum absolute atomic E-state index is 0.0955. The quantitative estimate of drug-likeness (QED) is 0.756. The zero-order chi connectivity index (χ0) is 14.4. The van der Waals surface area contributed by atoms with Crippen molar-refractivity contribution >= 4 is 5.78 Å². The molecular formula is C16H25NO3. The second-order valence-corrected chi connectivity index (χ2v) is 5.61. The van der Waals surface area contributed by atoms with E-state index in [-0.39, 0.29) is 24.3 Å². The summed E-state index contributed by atoms with van der Waals surface area (Å²) < 4.78 is 5.68. The van der Waals surface area contributed by atoms with Gasteiger partial charge in [0.25, 0.3) is 0 Å². The van der Waals surface area contributed by atoms with Crippen LogP contribution in [-0.4, -0.2) is 47.1 Å².